The molecule has 30 heavy (non-hydrogen) atoms. The van der Waals surface area contributed by atoms with Gasteiger partial charge in [0, 0.05) is 31.5 Å². The van der Waals surface area contributed by atoms with Gasteiger partial charge in [-0.2, -0.15) is 0 Å². The van der Waals surface area contributed by atoms with Gasteiger partial charge in [0.25, 0.3) is 5.91 Å². The van der Waals surface area contributed by atoms with E-state index in [1.165, 1.54) is 23.9 Å². The normalized spacial score (nSPS) is 11.7. The van der Waals surface area contributed by atoms with Crippen molar-refractivity contribution in [3.63, 3.8) is 0 Å². The van der Waals surface area contributed by atoms with Gasteiger partial charge in [-0.3, -0.25) is 4.79 Å². The monoisotopic (exact) mass is 423 g/mol. The van der Waals surface area contributed by atoms with Crippen LogP contribution in [0, 0.1) is 0 Å². The van der Waals surface area contributed by atoms with Crippen molar-refractivity contribution in [2.75, 3.05) is 12.4 Å². The lowest BCUT2D eigenvalue weighted by molar-refractivity contribution is 0.101. The van der Waals surface area contributed by atoms with Gasteiger partial charge in [0.15, 0.2) is 0 Å². The molecule has 1 amide bonds. The number of benzene rings is 2. The van der Waals surface area contributed by atoms with E-state index in [0.29, 0.717) is 5.69 Å². The fourth-order valence-corrected chi connectivity index (χ4v) is 4.13. The second kappa shape index (κ2) is 7.43. The van der Waals surface area contributed by atoms with E-state index in [4.69, 9.17) is 0 Å². The molecule has 8 nitrogen and oxygen atoms in total. The molecule has 2 aromatic heterocycles. The Morgan fingerprint density at radius 1 is 1.03 bits per heavy atom. The van der Waals surface area contributed by atoms with Crippen LogP contribution in [0.2, 0.25) is 0 Å². The summed E-state index contributed by atoms with van der Waals surface area (Å²) in [6.45, 7) is 0. The summed E-state index contributed by atoms with van der Waals surface area (Å²) in [5.41, 5.74) is 3.72. The number of carbonyl (C=O) groups is 1. The second-order valence-electron chi connectivity index (χ2n) is 6.89. The third kappa shape index (κ3) is 3.49. The third-order valence-corrected chi connectivity index (χ3v) is 6.36. The Kier molecular flexibility index (Phi) is 4.92. The van der Waals surface area contributed by atoms with Crippen LogP contribution in [-0.2, 0) is 24.1 Å². The first kappa shape index (κ1) is 19.9. The SMILES string of the molecule is CNS(=O)(=O)c1cc(C(=O)Nc2ccc(-c3nc4ccccc4n3C)cc2)n(C)c1. The minimum Gasteiger partial charge on any atom is -0.345 e. The number of sulfonamides is 1. The first-order valence-electron chi connectivity index (χ1n) is 9.23. The van der Waals surface area contributed by atoms with Crippen LogP contribution >= 0.6 is 0 Å². The number of aromatic nitrogens is 3. The second-order valence-corrected chi connectivity index (χ2v) is 8.78. The maximum atomic E-state index is 12.6. The van der Waals surface area contributed by atoms with E-state index in [1.807, 2.05) is 48.0 Å². The molecule has 0 spiro atoms. The number of anilines is 1. The lowest BCUT2D eigenvalue weighted by Crippen LogP contribution is -2.18. The Morgan fingerprint density at radius 2 is 1.73 bits per heavy atom. The van der Waals surface area contributed by atoms with Gasteiger partial charge in [-0.15, -0.1) is 0 Å². The Labute approximate surface area is 174 Å². The molecule has 0 bridgehead atoms. The van der Waals surface area contributed by atoms with Crippen molar-refractivity contribution in [1.82, 2.24) is 18.8 Å². The highest BCUT2D eigenvalue weighted by Crippen LogP contribution is 2.25. The number of fused-ring (bicyclic) bond motifs is 1. The van der Waals surface area contributed by atoms with Crippen LogP contribution in [0.3, 0.4) is 0 Å². The smallest absolute Gasteiger partial charge is 0.272 e. The van der Waals surface area contributed by atoms with Crippen molar-refractivity contribution >= 4 is 32.7 Å². The summed E-state index contributed by atoms with van der Waals surface area (Å²) in [6, 6.07) is 16.6. The molecule has 0 saturated heterocycles. The Hall–Kier alpha value is -3.43. The quantitative estimate of drug-likeness (QED) is 0.516. The first-order valence-corrected chi connectivity index (χ1v) is 10.7. The van der Waals surface area contributed by atoms with Crippen LogP contribution in [0.4, 0.5) is 5.69 Å². The summed E-state index contributed by atoms with van der Waals surface area (Å²) in [6.07, 6.45) is 1.40. The van der Waals surface area contributed by atoms with E-state index in [1.54, 1.807) is 19.2 Å². The van der Waals surface area contributed by atoms with Crippen LogP contribution in [0.15, 0.2) is 65.7 Å². The highest BCUT2D eigenvalue weighted by molar-refractivity contribution is 7.89. The number of para-hydroxylation sites is 2. The van der Waals surface area contributed by atoms with Crippen LogP contribution in [-0.4, -0.2) is 35.5 Å². The molecule has 0 aliphatic rings. The lowest BCUT2D eigenvalue weighted by Gasteiger charge is -2.07. The third-order valence-electron chi connectivity index (χ3n) is 4.98. The minimum absolute atomic E-state index is 0.0369. The van der Waals surface area contributed by atoms with Gasteiger partial charge >= 0.3 is 0 Å². The molecule has 0 fully saturated rings. The summed E-state index contributed by atoms with van der Waals surface area (Å²) in [4.78, 5) is 17.3. The Bertz CT molecular complexity index is 1350. The fourth-order valence-electron chi connectivity index (χ4n) is 3.33. The number of hydrogen-bond donors (Lipinski definition) is 2. The lowest BCUT2D eigenvalue weighted by atomic mass is 10.2. The summed E-state index contributed by atoms with van der Waals surface area (Å²) >= 11 is 0. The zero-order valence-electron chi connectivity index (χ0n) is 16.7. The molecular weight excluding hydrogens is 402 g/mol. The van der Waals surface area contributed by atoms with Gasteiger partial charge in [-0.1, -0.05) is 12.1 Å². The van der Waals surface area contributed by atoms with Crippen molar-refractivity contribution in [1.29, 1.82) is 0 Å². The molecule has 0 atom stereocenters. The van der Waals surface area contributed by atoms with Gasteiger partial charge in [0.05, 0.1) is 11.0 Å². The average molecular weight is 423 g/mol. The maximum Gasteiger partial charge on any atom is 0.272 e. The first-order chi connectivity index (χ1) is 14.3. The molecule has 2 heterocycles. The summed E-state index contributed by atoms with van der Waals surface area (Å²) < 4.78 is 29.6. The zero-order valence-corrected chi connectivity index (χ0v) is 17.6. The highest BCUT2D eigenvalue weighted by Gasteiger charge is 2.19. The molecule has 4 aromatic rings. The molecule has 0 aliphatic carbocycles. The van der Waals surface area contributed by atoms with Gasteiger partial charge in [0.1, 0.15) is 16.4 Å². The Balaban J connectivity index is 1.57. The number of rotatable bonds is 5. The van der Waals surface area contributed by atoms with E-state index in [0.717, 1.165) is 22.4 Å². The van der Waals surface area contributed by atoms with E-state index in [-0.39, 0.29) is 10.6 Å². The van der Waals surface area contributed by atoms with E-state index in [9.17, 15) is 13.2 Å². The van der Waals surface area contributed by atoms with Crippen LogP contribution in [0.25, 0.3) is 22.4 Å². The standard InChI is InChI=1S/C21H21N5O3S/c1-22-30(28,29)16-12-19(25(2)13-16)21(27)23-15-10-8-14(9-11-15)20-24-17-6-4-5-7-18(17)26(20)3/h4-13,22H,1-3H3,(H,23,27). The summed E-state index contributed by atoms with van der Waals surface area (Å²) in [5.74, 6) is 0.434. The summed E-state index contributed by atoms with van der Waals surface area (Å²) in [5, 5.41) is 2.80. The van der Waals surface area contributed by atoms with E-state index < -0.39 is 15.9 Å². The topological polar surface area (TPSA) is 98.0 Å². The van der Waals surface area contributed by atoms with Crippen molar-refractivity contribution in [2.24, 2.45) is 14.1 Å². The molecule has 4 rings (SSSR count). The number of imidazole rings is 1. The highest BCUT2D eigenvalue weighted by atomic mass is 32.2. The number of nitrogens with one attached hydrogen (secondary N) is 2. The van der Waals surface area contributed by atoms with Crippen LogP contribution in [0.1, 0.15) is 10.5 Å². The fraction of sp³-hybridized carbons (Fsp3) is 0.143. The van der Waals surface area contributed by atoms with E-state index in [2.05, 4.69) is 15.0 Å². The number of carbonyl (C=O) groups excluding carboxylic acids is 1. The van der Waals surface area contributed by atoms with Gasteiger partial charge in [-0.05, 0) is 49.5 Å². The molecule has 0 aliphatic heterocycles. The van der Waals surface area contributed by atoms with Gasteiger partial charge < -0.3 is 14.5 Å². The largest absolute Gasteiger partial charge is 0.345 e. The molecule has 0 radical (unpaired) electrons. The van der Waals surface area contributed by atoms with Crippen molar-refractivity contribution in [2.45, 2.75) is 4.90 Å². The Morgan fingerprint density at radius 3 is 2.40 bits per heavy atom. The minimum atomic E-state index is -3.62. The molecule has 154 valence electrons. The molecular formula is C21H21N5O3S. The molecule has 2 N–H and O–H groups in total. The number of amides is 1. The number of hydrogen-bond acceptors (Lipinski definition) is 4. The predicted molar refractivity (Wildman–Crippen MR) is 116 cm³/mol. The van der Waals surface area contributed by atoms with Crippen molar-refractivity contribution in [3.8, 4) is 11.4 Å². The number of nitrogens with zero attached hydrogens (tertiary/aromatic N) is 3. The van der Waals surface area contributed by atoms with Crippen LogP contribution in [0.5, 0.6) is 0 Å². The summed E-state index contributed by atoms with van der Waals surface area (Å²) in [7, 11) is 1.30. The average Bonchev–Trinajstić information content (AvgIpc) is 3.30. The van der Waals surface area contributed by atoms with Gasteiger partial charge in [0.2, 0.25) is 10.0 Å². The van der Waals surface area contributed by atoms with Gasteiger partial charge in [-0.25, -0.2) is 18.1 Å². The molecule has 2 aromatic carbocycles. The molecule has 9 heteroatoms. The van der Waals surface area contributed by atoms with Crippen LogP contribution < -0.4 is 10.0 Å². The van der Waals surface area contributed by atoms with Crippen molar-refractivity contribution in [3.05, 3.63) is 66.5 Å². The maximum absolute atomic E-state index is 12.6. The predicted octanol–water partition coefficient (Wildman–Crippen LogP) is 2.74. The zero-order chi connectivity index (χ0) is 21.5. The molecule has 0 unspecified atom stereocenters. The number of aryl methyl sites for hydroxylation is 2. The molecule has 0 saturated carbocycles. The van der Waals surface area contributed by atoms with E-state index >= 15 is 0 Å². The van der Waals surface area contributed by atoms with Crippen molar-refractivity contribution < 1.29 is 13.2 Å².